The first-order valence-corrected chi connectivity index (χ1v) is 12.1. The molecule has 4 rings (SSSR count). The van der Waals surface area contributed by atoms with Crippen LogP contribution < -0.4 is 0 Å². The normalized spacial score (nSPS) is 23.3. The Bertz CT molecular complexity index is 1170. The zero-order valence-corrected chi connectivity index (χ0v) is 20.5. The molecule has 1 heterocycles. The van der Waals surface area contributed by atoms with Crippen molar-refractivity contribution < 1.29 is 38.4 Å². The predicted octanol–water partition coefficient (Wildman–Crippen LogP) is 3.78. The molecule has 3 aromatic carbocycles. The number of carbonyl (C=O) groups is 3. The molecular weight excluding hydrogens is 532 g/mol. The highest BCUT2D eigenvalue weighted by molar-refractivity contribution is 9.09. The van der Waals surface area contributed by atoms with Crippen LogP contribution in [0.15, 0.2) is 91.0 Å². The smallest absolute Gasteiger partial charge is 0.338 e. The van der Waals surface area contributed by atoms with Crippen LogP contribution >= 0.6 is 15.9 Å². The van der Waals surface area contributed by atoms with Gasteiger partial charge in [0.1, 0.15) is 18.8 Å². The van der Waals surface area contributed by atoms with E-state index in [0.717, 1.165) is 0 Å². The Hall–Kier alpha value is -3.53. The lowest BCUT2D eigenvalue weighted by Crippen LogP contribution is -2.59. The van der Waals surface area contributed by atoms with Crippen molar-refractivity contribution in [3.8, 4) is 0 Å². The van der Waals surface area contributed by atoms with Crippen LogP contribution in [-0.4, -0.2) is 59.1 Å². The fourth-order valence-electron chi connectivity index (χ4n) is 3.62. The first-order chi connectivity index (χ1) is 17.4. The summed E-state index contributed by atoms with van der Waals surface area (Å²) in [6.07, 6.45) is -5.05. The van der Waals surface area contributed by atoms with Crippen LogP contribution in [0.4, 0.5) is 0 Å². The highest BCUT2D eigenvalue weighted by Gasteiger charge is 2.49. The van der Waals surface area contributed by atoms with Gasteiger partial charge in [0, 0.05) is 0 Å². The van der Waals surface area contributed by atoms with Crippen LogP contribution in [0.3, 0.4) is 0 Å². The lowest BCUT2D eigenvalue weighted by Gasteiger charge is -2.41. The van der Waals surface area contributed by atoms with Gasteiger partial charge in [0.05, 0.1) is 16.7 Å². The molecule has 0 radical (unpaired) electrons. The van der Waals surface area contributed by atoms with Crippen molar-refractivity contribution in [1.29, 1.82) is 0 Å². The van der Waals surface area contributed by atoms with Crippen molar-refractivity contribution in [2.45, 2.75) is 29.4 Å². The highest BCUT2D eigenvalue weighted by Crippen LogP contribution is 2.31. The van der Waals surface area contributed by atoms with Crippen molar-refractivity contribution in [2.24, 2.45) is 0 Å². The number of rotatable bonds is 7. The van der Waals surface area contributed by atoms with E-state index in [1.807, 2.05) is 0 Å². The van der Waals surface area contributed by atoms with Gasteiger partial charge in [-0.05, 0) is 36.4 Å². The van der Waals surface area contributed by atoms with E-state index in [1.54, 1.807) is 91.0 Å². The van der Waals surface area contributed by atoms with Gasteiger partial charge >= 0.3 is 17.9 Å². The molecule has 0 saturated carbocycles. The number of halogens is 1. The maximum atomic E-state index is 12.8. The highest BCUT2D eigenvalue weighted by atomic mass is 79.9. The molecule has 0 aliphatic carbocycles. The van der Waals surface area contributed by atoms with E-state index in [4.69, 9.17) is 18.9 Å². The average Bonchev–Trinajstić information content (AvgIpc) is 2.92. The van der Waals surface area contributed by atoms with Crippen LogP contribution in [0.1, 0.15) is 31.1 Å². The zero-order valence-electron chi connectivity index (χ0n) is 18.9. The van der Waals surface area contributed by atoms with Crippen molar-refractivity contribution in [3.63, 3.8) is 0 Å². The molecule has 1 aliphatic heterocycles. The lowest BCUT2D eigenvalue weighted by molar-refractivity contribution is -0.205. The van der Waals surface area contributed by atoms with Gasteiger partial charge in [-0.1, -0.05) is 70.5 Å². The molecular formula is C27H23BrO8. The Balaban J connectivity index is 1.52. The number of benzene rings is 3. The third kappa shape index (κ3) is 6.17. The van der Waals surface area contributed by atoms with Gasteiger partial charge in [0.15, 0.2) is 17.2 Å². The van der Waals surface area contributed by atoms with Crippen LogP contribution in [0.2, 0.25) is 0 Å². The summed E-state index contributed by atoms with van der Waals surface area (Å²) in [5.74, 6) is -2.01. The second-order valence-corrected chi connectivity index (χ2v) is 8.86. The second-order valence-electron chi connectivity index (χ2n) is 7.95. The molecule has 3 aromatic rings. The minimum Gasteiger partial charge on any atom is -0.459 e. The number of aliphatic hydroxyl groups is 1. The first-order valence-electron chi connectivity index (χ1n) is 11.2. The molecule has 0 unspecified atom stereocenters. The summed E-state index contributed by atoms with van der Waals surface area (Å²) in [7, 11) is 0. The fourth-order valence-corrected chi connectivity index (χ4v) is 4.31. The average molecular weight is 555 g/mol. The van der Waals surface area contributed by atoms with Crippen molar-refractivity contribution in [2.75, 3.05) is 6.61 Å². The first kappa shape index (κ1) is 25.6. The van der Waals surface area contributed by atoms with Gasteiger partial charge in [0.2, 0.25) is 0 Å². The summed E-state index contributed by atoms with van der Waals surface area (Å²) < 4.78 is 22.3. The quantitative estimate of drug-likeness (QED) is 0.267. The minimum atomic E-state index is -1.47. The Morgan fingerprint density at radius 2 is 1.11 bits per heavy atom. The SMILES string of the molecule is O=C(OC[C@H]1O[C@H](Br)[C@H](OC(=O)c2ccccc2)[C@@H](OC(=O)c2ccccc2)[C@@H]1O)c1ccccc1. The van der Waals surface area contributed by atoms with Crippen LogP contribution in [-0.2, 0) is 18.9 Å². The molecule has 8 nitrogen and oxygen atoms in total. The number of carbonyl (C=O) groups excluding carboxylic acids is 3. The van der Waals surface area contributed by atoms with Gasteiger partial charge in [-0.25, -0.2) is 14.4 Å². The summed E-state index contributed by atoms with van der Waals surface area (Å²) in [4.78, 5) is 37.9. The Kier molecular flexibility index (Phi) is 8.48. The Morgan fingerprint density at radius 1 is 0.694 bits per heavy atom. The number of alkyl halides is 1. The Morgan fingerprint density at radius 3 is 1.58 bits per heavy atom. The van der Waals surface area contributed by atoms with Crippen LogP contribution in [0.25, 0.3) is 0 Å². The van der Waals surface area contributed by atoms with E-state index < -0.39 is 47.3 Å². The molecule has 0 spiro atoms. The van der Waals surface area contributed by atoms with Crippen molar-refractivity contribution in [3.05, 3.63) is 108 Å². The second kappa shape index (κ2) is 11.9. The van der Waals surface area contributed by atoms with Gasteiger partial charge < -0.3 is 24.1 Å². The molecule has 186 valence electrons. The van der Waals surface area contributed by atoms with E-state index in [-0.39, 0.29) is 17.7 Å². The minimum absolute atomic E-state index is 0.252. The third-order valence-electron chi connectivity index (χ3n) is 5.50. The molecule has 1 fully saturated rings. The number of hydrogen-bond acceptors (Lipinski definition) is 8. The van der Waals surface area contributed by atoms with Gasteiger partial charge in [-0.3, -0.25) is 0 Å². The van der Waals surface area contributed by atoms with E-state index in [9.17, 15) is 19.5 Å². The van der Waals surface area contributed by atoms with Crippen molar-refractivity contribution >= 4 is 33.8 Å². The summed E-state index contributed by atoms with van der Waals surface area (Å²) >= 11 is 3.32. The zero-order chi connectivity index (χ0) is 25.5. The summed E-state index contributed by atoms with van der Waals surface area (Å²) in [5, 5.41) is 10.1. The summed E-state index contributed by atoms with van der Waals surface area (Å²) in [6.45, 7) is -0.324. The topological polar surface area (TPSA) is 108 Å². The fraction of sp³-hybridized carbons (Fsp3) is 0.222. The molecule has 0 aromatic heterocycles. The molecule has 1 saturated heterocycles. The standard InChI is InChI=1S/C27H23BrO8/c28-24-23(36-27(32)19-14-8-3-9-15-19)22(35-26(31)18-12-6-2-7-13-18)21(29)20(34-24)16-33-25(30)17-10-4-1-5-11-17/h1-15,20-24,29H,16H2/t20-,21-,22+,23-,24+/m1/s1. The molecule has 1 aliphatic rings. The summed E-state index contributed by atoms with van der Waals surface area (Å²) in [6, 6.07) is 24.8. The Labute approximate surface area is 215 Å². The van der Waals surface area contributed by atoms with Gasteiger partial charge in [-0.2, -0.15) is 0 Å². The summed E-state index contributed by atoms with van der Waals surface area (Å²) in [5.41, 5.74) is 0.862. The predicted molar refractivity (Wildman–Crippen MR) is 132 cm³/mol. The molecule has 0 bridgehead atoms. The van der Waals surface area contributed by atoms with E-state index in [2.05, 4.69) is 15.9 Å². The maximum Gasteiger partial charge on any atom is 0.338 e. The van der Waals surface area contributed by atoms with E-state index in [0.29, 0.717) is 5.56 Å². The molecule has 5 atom stereocenters. The number of esters is 3. The lowest BCUT2D eigenvalue weighted by atomic mass is 9.99. The van der Waals surface area contributed by atoms with E-state index in [1.165, 1.54) is 0 Å². The number of aliphatic hydroxyl groups excluding tert-OH is 1. The number of ether oxygens (including phenoxy) is 4. The largest absolute Gasteiger partial charge is 0.459 e. The molecule has 36 heavy (non-hydrogen) atoms. The molecule has 9 heteroatoms. The van der Waals surface area contributed by atoms with E-state index >= 15 is 0 Å². The molecule has 0 amide bonds. The van der Waals surface area contributed by atoms with Crippen molar-refractivity contribution in [1.82, 2.24) is 0 Å². The molecule has 1 N–H and O–H groups in total. The monoisotopic (exact) mass is 554 g/mol. The number of hydrogen-bond donors (Lipinski definition) is 1. The van der Waals surface area contributed by atoms with Gasteiger partial charge in [0.25, 0.3) is 0 Å². The van der Waals surface area contributed by atoms with Gasteiger partial charge in [-0.15, -0.1) is 0 Å². The maximum absolute atomic E-state index is 12.8. The third-order valence-corrected chi connectivity index (χ3v) is 6.23. The van der Waals surface area contributed by atoms with Crippen LogP contribution in [0, 0.1) is 0 Å². The van der Waals surface area contributed by atoms with Crippen LogP contribution in [0.5, 0.6) is 0 Å².